The van der Waals surface area contributed by atoms with E-state index in [1.165, 1.54) is 0 Å². The number of aliphatic imine (C=N–C) groups is 1. The summed E-state index contributed by atoms with van der Waals surface area (Å²) in [5.74, 6) is 0.822. The summed E-state index contributed by atoms with van der Waals surface area (Å²) in [6, 6.07) is 11.8. The topological polar surface area (TPSA) is 46.4 Å². The van der Waals surface area contributed by atoms with E-state index >= 15 is 0 Å². The van der Waals surface area contributed by atoms with E-state index in [0.717, 1.165) is 40.4 Å². The van der Waals surface area contributed by atoms with Crippen molar-refractivity contribution in [1.82, 2.24) is 4.90 Å². The highest BCUT2D eigenvalue weighted by atomic mass is 35.5. The molecular formula is C21H24ClN3O2. The van der Waals surface area contributed by atoms with Gasteiger partial charge in [-0.25, -0.2) is 4.99 Å². The minimum Gasteiger partial charge on any atom is -0.497 e. The van der Waals surface area contributed by atoms with Crippen LogP contribution in [-0.2, 0) is 4.84 Å². The molecule has 0 aliphatic carbocycles. The van der Waals surface area contributed by atoms with Crippen LogP contribution in [0, 0.1) is 6.92 Å². The molecule has 3 rings (SSSR count). The van der Waals surface area contributed by atoms with Gasteiger partial charge in [-0.15, -0.1) is 0 Å². The normalized spacial score (nSPS) is 16.3. The molecule has 0 saturated carbocycles. The van der Waals surface area contributed by atoms with Gasteiger partial charge in [-0.3, -0.25) is 0 Å². The molecule has 6 heteroatoms. The molecule has 2 aromatic rings. The average molecular weight is 386 g/mol. The van der Waals surface area contributed by atoms with Crippen molar-refractivity contribution >= 4 is 29.3 Å². The third-order valence-electron chi connectivity index (χ3n) is 4.67. The molecule has 1 unspecified atom stereocenters. The fourth-order valence-electron chi connectivity index (χ4n) is 2.87. The van der Waals surface area contributed by atoms with Gasteiger partial charge in [0.25, 0.3) is 0 Å². The molecule has 1 aliphatic heterocycles. The number of nitrogens with zero attached hydrogens (tertiary/aromatic N) is 3. The molecule has 5 nitrogen and oxygen atoms in total. The number of aryl methyl sites for hydroxylation is 1. The molecule has 1 aliphatic rings. The predicted octanol–water partition coefficient (Wildman–Crippen LogP) is 5.13. The molecule has 0 N–H and O–H groups in total. The van der Waals surface area contributed by atoms with E-state index in [9.17, 15) is 0 Å². The largest absolute Gasteiger partial charge is 0.497 e. The van der Waals surface area contributed by atoms with E-state index in [1.54, 1.807) is 13.4 Å². The van der Waals surface area contributed by atoms with Crippen LogP contribution in [0.25, 0.3) is 0 Å². The van der Waals surface area contributed by atoms with E-state index in [2.05, 4.69) is 17.1 Å². The molecular weight excluding hydrogens is 362 g/mol. The van der Waals surface area contributed by atoms with E-state index < -0.39 is 0 Å². The highest BCUT2D eigenvalue weighted by molar-refractivity contribution is 6.33. The Morgan fingerprint density at radius 2 is 2.07 bits per heavy atom. The molecule has 0 spiro atoms. The monoisotopic (exact) mass is 385 g/mol. The third kappa shape index (κ3) is 4.42. The molecule has 1 heterocycles. The second-order valence-corrected chi connectivity index (χ2v) is 6.95. The summed E-state index contributed by atoms with van der Waals surface area (Å²) >= 11 is 6.45. The maximum atomic E-state index is 6.45. The van der Waals surface area contributed by atoms with Crippen LogP contribution in [0.4, 0.5) is 5.69 Å². The second kappa shape index (κ2) is 8.44. The van der Waals surface area contributed by atoms with E-state index in [0.29, 0.717) is 11.4 Å². The van der Waals surface area contributed by atoms with Gasteiger partial charge in [-0.05, 0) is 66.9 Å². The fourth-order valence-corrected chi connectivity index (χ4v) is 3.09. The maximum Gasteiger partial charge on any atom is 0.158 e. The minimum absolute atomic E-state index is 0.143. The molecule has 142 valence electrons. The van der Waals surface area contributed by atoms with Gasteiger partial charge in [-0.2, -0.15) is 0 Å². The van der Waals surface area contributed by atoms with Gasteiger partial charge in [0, 0.05) is 20.0 Å². The Bertz CT molecular complexity index is 862. The minimum atomic E-state index is -0.143. The van der Waals surface area contributed by atoms with Crippen LogP contribution in [0.15, 0.2) is 46.5 Å². The maximum absolute atomic E-state index is 6.45. The first-order chi connectivity index (χ1) is 13.0. The smallest absolute Gasteiger partial charge is 0.158 e. The van der Waals surface area contributed by atoms with Crippen molar-refractivity contribution in [2.24, 2.45) is 10.1 Å². The first-order valence-electron chi connectivity index (χ1n) is 8.93. The molecule has 0 aromatic heterocycles. The predicted molar refractivity (Wildman–Crippen MR) is 111 cm³/mol. The van der Waals surface area contributed by atoms with Crippen LogP contribution >= 0.6 is 11.6 Å². The van der Waals surface area contributed by atoms with Crippen molar-refractivity contribution in [1.29, 1.82) is 0 Å². The zero-order valence-corrected chi connectivity index (χ0v) is 16.8. The van der Waals surface area contributed by atoms with Crippen molar-refractivity contribution < 1.29 is 9.57 Å². The highest BCUT2D eigenvalue weighted by Gasteiger charge is 2.26. The number of rotatable bonds is 6. The van der Waals surface area contributed by atoms with Gasteiger partial charge in [0.2, 0.25) is 0 Å². The summed E-state index contributed by atoms with van der Waals surface area (Å²) < 4.78 is 5.20. The number of hydrogen-bond donors (Lipinski definition) is 0. The van der Waals surface area contributed by atoms with Crippen LogP contribution in [0.5, 0.6) is 5.75 Å². The fraction of sp³-hybridized carbons (Fsp3) is 0.333. The number of ether oxygens (including phenoxy) is 1. The molecule has 0 bridgehead atoms. The lowest BCUT2D eigenvalue weighted by Crippen LogP contribution is -2.14. The van der Waals surface area contributed by atoms with Crippen molar-refractivity contribution in [3.05, 3.63) is 58.1 Å². The van der Waals surface area contributed by atoms with Crippen LogP contribution in [0.3, 0.4) is 0 Å². The molecule has 0 radical (unpaired) electrons. The van der Waals surface area contributed by atoms with Crippen molar-refractivity contribution in [2.75, 3.05) is 20.7 Å². The summed E-state index contributed by atoms with van der Waals surface area (Å²) in [7, 11) is 3.63. The lowest BCUT2D eigenvalue weighted by molar-refractivity contribution is 0.0853. The van der Waals surface area contributed by atoms with Crippen molar-refractivity contribution in [3.8, 4) is 5.75 Å². The third-order valence-corrected chi connectivity index (χ3v) is 4.97. The Hall–Kier alpha value is -2.53. The molecule has 2 aromatic carbocycles. The van der Waals surface area contributed by atoms with Gasteiger partial charge in [0.1, 0.15) is 5.75 Å². The quantitative estimate of drug-likeness (QED) is 0.511. The first-order valence-corrected chi connectivity index (χ1v) is 9.31. The number of halogens is 1. The Balaban J connectivity index is 1.76. The Kier molecular flexibility index (Phi) is 6.01. The lowest BCUT2D eigenvalue weighted by atomic mass is 9.97. The van der Waals surface area contributed by atoms with Crippen LogP contribution in [-0.4, -0.2) is 37.7 Å². The molecule has 0 fully saturated rings. The summed E-state index contributed by atoms with van der Waals surface area (Å²) in [4.78, 5) is 12.2. The van der Waals surface area contributed by atoms with Gasteiger partial charge < -0.3 is 14.5 Å². The van der Waals surface area contributed by atoms with Gasteiger partial charge in [-0.1, -0.05) is 16.8 Å². The summed E-state index contributed by atoms with van der Waals surface area (Å²) in [5.41, 5.74) is 4.83. The lowest BCUT2D eigenvalue weighted by Gasteiger charge is -2.14. The average Bonchev–Trinajstić information content (AvgIpc) is 3.18. The second-order valence-electron chi connectivity index (χ2n) is 6.54. The zero-order valence-electron chi connectivity index (χ0n) is 16.1. The summed E-state index contributed by atoms with van der Waals surface area (Å²) in [6.07, 6.45) is 2.35. The SMILES string of the molecule is CCN(C)/C=N\c1cc(C)c(C2CC(c3ccc(OC)cc3)=NO2)cc1Cl. The van der Waals surface area contributed by atoms with Crippen LogP contribution < -0.4 is 4.74 Å². The number of methoxy groups -OCH3 is 1. The highest BCUT2D eigenvalue weighted by Crippen LogP contribution is 2.36. The van der Waals surface area contributed by atoms with Gasteiger partial charge >= 0.3 is 0 Å². The van der Waals surface area contributed by atoms with Crippen molar-refractivity contribution in [2.45, 2.75) is 26.4 Å². The summed E-state index contributed by atoms with van der Waals surface area (Å²) in [6.45, 7) is 5.00. The molecule has 0 saturated heterocycles. The summed E-state index contributed by atoms with van der Waals surface area (Å²) in [5, 5.41) is 4.89. The van der Waals surface area contributed by atoms with E-state index in [4.69, 9.17) is 21.2 Å². The van der Waals surface area contributed by atoms with Gasteiger partial charge in [0.15, 0.2) is 6.10 Å². The molecule has 27 heavy (non-hydrogen) atoms. The number of hydrogen-bond acceptors (Lipinski definition) is 4. The van der Waals surface area contributed by atoms with Crippen LogP contribution in [0.2, 0.25) is 5.02 Å². The standard InChI is InChI=1S/C21H24ClN3O2/c1-5-25(3)13-23-20-10-14(2)17(11-18(20)22)21-12-19(24-27-21)15-6-8-16(26-4)9-7-15/h6-11,13,21H,5,12H2,1-4H3/b23-13-. The first kappa shape index (κ1) is 19.2. The van der Waals surface area contributed by atoms with Crippen molar-refractivity contribution in [3.63, 3.8) is 0 Å². The zero-order chi connectivity index (χ0) is 19.4. The van der Waals surface area contributed by atoms with E-state index in [-0.39, 0.29) is 6.10 Å². The number of oxime groups is 1. The van der Waals surface area contributed by atoms with E-state index in [1.807, 2.05) is 55.3 Å². The molecule has 0 amide bonds. The Labute approximate surface area is 165 Å². The van der Waals surface area contributed by atoms with Crippen LogP contribution in [0.1, 0.15) is 36.1 Å². The molecule has 1 atom stereocenters. The Morgan fingerprint density at radius 1 is 1.33 bits per heavy atom. The Morgan fingerprint density at radius 3 is 2.74 bits per heavy atom. The number of benzene rings is 2. The van der Waals surface area contributed by atoms with Gasteiger partial charge in [0.05, 0.1) is 29.9 Å².